The second-order valence-corrected chi connectivity index (χ2v) is 5.32. The van der Waals surface area contributed by atoms with Crippen LogP contribution in [0.25, 0.3) is 22.3 Å². The fourth-order valence-electron chi connectivity index (χ4n) is 2.58. The van der Waals surface area contributed by atoms with Gasteiger partial charge in [-0.3, -0.25) is 9.78 Å². The molecule has 0 amide bonds. The Bertz CT molecular complexity index is 1010. The first-order valence-electron chi connectivity index (χ1n) is 7.61. The smallest absolute Gasteiger partial charge is 0.230 e. The summed E-state index contributed by atoms with van der Waals surface area (Å²) < 4.78 is 0. The van der Waals surface area contributed by atoms with Crippen molar-refractivity contribution in [3.8, 4) is 11.4 Å². The third-order valence-corrected chi connectivity index (χ3v) is 3.75. The summed E-state index contributed by atoms with van der Waals surface area (Å²) in [7, 11) is 0. The minimum Gasteiger partial charge on any atom is -0.285 e. The number of hydrogen-bond acceptors (Lipinski definition) is 4. The molecule has 0 bridgehead atoms. The molecule has 0 radical (unpaired) electrons. The Kier molecular flexibility index (Phi) is 3.56. The van der Waals surface area contributed by atoms with Crippen molar-refractivity contribution in [2.75, 3.05) is 0 Å². The van der Waals surface area contributed by atoms with Crippen LogP contribution < -0.4 is 0 Å². The average Bonchev–Trinajstić information content (AvgIpc) is 2.68. The van der Waals surface area contributed by atoms with Gasteiger partial charge in [0.05, 0.1) is 5.52 Å². The Labute approximate surface area is 138 Å². The Morgan fingerprint density at radius 3 is 2.29 bits per heavy atom. The van der Waals surface area contributed by atoms with Gasteiger partial charge in [-0.05, 0) is 18.2 Å². The summed E-state index contributed by atoms with van der Waals surface area (Å²) in [5, 5.41) is 0.729. The first kappa shape index (κ1) is 14.2. The van der Waals surface area contributed by atoms with Crippen molar-refractivity contribution < 1.29 is 4.79 Å². The number of carbonyl (C=O) groups is 1. The van der Waals surface area contributed by atoms with Gasteiger partial charge in [-0.1, -0.05) is 54.6 Å². The van der Waals surface area contributed by atoms with E-state index < -0.39 is 0 Å². The van der Waals surface area contributed by atoms with Crippen LogP contribution in [-0.4, -0.2) is 20.7 Å². The van der Waals surface area contributed by atoms with Crippen LogP contribution in [0, 0.1) is 0 Å². The summed E-state index contributed by atoms with van der Waals surface area (Å²) in [6.45, 7) is 0. The zero-order valence-electron chi connectivity index (χ0n) is 12.8. The van der Waals surface area contributed by atoms with Crippen molar-refractivity contribution >= 4 is 16.7 Å². The van der Waals surface area contributed by atoms with Gasteiger partial charge in [0, 0.05) is 17.1 Å². The van der Waals surface area contributed by atoms with Crippen LogP contribution in [0.5, 0.6) is 0 Å². The Balaban J connectivity index is 1.95. The van der Waals surface area contributed by atoms with Gasteiger partial charge in [-0.2, -0.15) is 0 Å². The third-order valence-electron chi connectivity index (χ3n) is 3.75. The van der Waals surface area contributed by atoms with Crippen LogP contribution in [0.15, 0.2) is 79.0 Å². The molecule has 24 heavy (non-hydrogen) atoms. The van der Waals surface area contributed by atoms with Gasteiger partial charge in [-0.25, -0.2) is 9.97 Å². The maximum absolute atomic E-state index is 12.9. The van der Waals surface area contributed by atoms with Crippen LogP contribution in [0.4, 0.5) is 0 Å². The van der Waals surface area contributed by atoms with Crippen molar-refractivity contribution in [3.05, 3.63) is 90.4 Å². The number of para-hydroxylation sites is 1. The largest absolute Gasteiger partial charge is 0.285 e. The predicted octanol–water partition coefficient (Wildman–Crippen LogP) is 3.92. The Morgan fingerprint density at radius 2 is 1.50 bits per heavy atom. The van der Waals surface area contributed by atoms with E-state index in [1.54, 1.807) is 24.4 Å². The van der Waals surface area contributed by atoms with E-state index in [9.17, 15) is 4.79 Å². The molecule has 0 unspecified atom stereocenters. The first-order chi connectivity index (χ1) is 11.8. The first-order valence-corrected chi connectivity index (χ1v) is 7.61. The highest BCUT2D eigenvalue weighted by Gasteiger charge is 2.18. The molecular formula is C20H13N3O. The molecule has 0 N–H and O–H groups in total. The van der Waals surface area contributed by atoms with E-state index >= 15 is 0 Å². The van der Waals surface area contributed by atoms with Crippen molar-refractivity contribution in [2.45, 2.75) is 0 Å². The molecule has 4 aromatic rings. The highest BCUT2D eigenvalue weighted by molar-refractivity contribution is 6.13. The van der Waals surface area contributed by atoms with Crippen molar-refractivity contribution in [3.63, 3.8) is 0 Å². The number of nitrogens with zero attached hydrogens (tertiary/aromatic N) is 3. The predicted molar refractivity (Wildman–Crippen MR) is 92.6 cm³/mol. The standard InChI is InChI=1S/C20H13N3O/c24-19(17-12-6-7-13-21-17)18-15-10-4-5-11-16(15)22-20(23-18)14-8-2-1-3-9-14/h1-13H. The fraction of sp³-hybridized carbons (Fsp3) is 0. The SMILES string of the molecule is O=C(c1ccccn1)c1nc(-c2ccccc2)nc2ccccc12. The highest BCUT2D eigenvalue weighted by Crippen LogP contribution is 2.23. The number of rotatable bonds is 3. The number of carbonyl (C=O) groups excluding carboxylic acids is 1. The third kappa shape index (κ3) is 2.54. The van der Waals surface area contributed by atoms with Crippen molar-refractivity contribution in [2.24, 2.45) is 0 Å². The summed E-state index contributed by atoms with van der Waals surface area (Å²) in [5.41, 5.74) is 2.36. The molecule has 4 nitrogen and oxygen atoms in total. The van der Waals surface area contributed by atoms with Gasteiger partial charge in [0.15, 0.2) is 5.82 Å². The number of ketones is 1. The number of fused-ring (bicyclic) bond motifs is 1. The average molecular weight is 311 g/mol. The van der Waals surface area contributed by atoms with Gasteiger partial charge >= 0.3 is 0 Å². The van der Waals surface area contributed by atoms with Crippen LogP contribution in [0.1, 0.15) is 16.2 Å². The van der Waals surface area contributed by atoms with E-state index in [-0.39, 0.29) is 5.78 Å². The van der Waals surface area contributed by atoms with Crippen LogP contribution in [0.3, 0.4) is 0 Å². The van der Waals surface area contributed by atoms with Crippen molar-refractivity contribution in [1.82, 2.24) is 15.0 Å². The molecule has 0 aliphatic rings. The summed E-state index contributed by atoms with van der Waals surface area (Å²) in [5.74, 6) is 0.333. The molecule has 2 heterocycles. The van der Waals surface area contributed by atoms with E-state index in [1.165, 1.54) is 0 Å². The molecule has 0 aliphatic heterocycles. The maximum Gasteiger partial charge on any atom is 0.230 e. The molecule has 0 saturated carbocycles. The molecule has 4 heteroatoms. The lowest BCUT2D eigenvalue weighted by Gasteiger charge is -2.08. The summed E-state index contributed by atoms with van der Waals surface area (Å²) >= 11 is 0. The summed E-state index contributed by atoms with van der Waals surface area (Å²) in [4.78, 5) is 26.2. The monoisotopic (exact) mass is 311 g/mol. The highest BCUT2D eigenvalue weighted by atomic mass is 16.1. The molecule has 114 valence electrons. The Hall–Kier alpha value is -3.40. The molecule has 0 aliphatic carbocycles. The van der Waals surface area contributed by atoms with E-state index in [1.807, 2.05) is 54.6 Å². The Morgan fingerprint density at radius 1 is 0.750 bits per heavy atom. The second-order valence-electron chi connectivity index (χ2n) is 5.32. The molecule has 0 atom stereocenters. The van der Waals surface area contributed by atoms with Gasteiger partial charge in [0.1, 0.15) is 11.4 Å². The van der Waals surface area contributed by atoms with Gasteiger partial charge in [-0.15, -0.1) is 0 Å². The van der Waals surface area contributed by atoms with E-state index in [0.717, 1.165) is 16.5 Å². The number of hydrogen-bond donors (Lipinski definition) is 0. The zero-order chi connectivity index (χ0) is 16.4. The van der Waals surface area contributed by atoms with Crippen LogP contribution in [0.2, 0.25) is 0 Å². The lowest BCUT2D eigenvalue weighted by molar-refractivity contribution is 0.103. The number of aromatic nitrogens is 3. The topological polar surface area (TPSA) is 55.7 Å². The minimum atomic E-state index is -0.202. The lowest BCUT2D eigenvalue weighted by atomic mass is 10.1. The van der Waals surface area contributed by atoms with E-state index in [2.05, 4.69) is 15.0 Å². The van der Waals surface area contributed by atoms with Gasteiger partial charge in [0.2, 0.25) is 5.78 Å². The molecule has 0 spiro atoms. The lowest BCUT2D eigenvalue weighted by Crippen LogP contribution is -2.09. The zero-order valence-corrected chi connectivity index (χ0v) is 12.8. The molecular weight excluding hydrogens is 298 g/mol. The molecule has 0 saturated heterocycles. The van der Waals surface area contributed by atoms with Gasteiger partial charge in [0.25, 0.3) is 0 Å². The molecule has 0 fully saturated rings. The molecule has 2 aromatic heterocycles. The van der Waals surface area contributed by atoms with Crippen LogP contribution in [-0.2, 0) is 0 Å². The summed E-state index contributed by atoms with van der Waals surface area (Å²) in [6.07, 6.45) is 1.61. The summed E-state index contributed by atoms with van der Waals surface area (Å²) in [6, 6.07) is 22.4. The number of pyridine rings is 1. The van der Waals surface area contributed by atoms with Crippen LogP contribution >= 0.6 is 0 Å². The molecule has 2 aromatic carbocycles. The number of benzene rings is 2. The normalized spacial score (nSPS) is 10.7. The second kappa shape index (κ2) is 6.01. The molecule has 4 rings (SSSR count). The van der Waals surface area contributed by atoms with E-state index in [0.29, 0.717) is 17.2 Å². The minimum absolute atomic E-state index is 0.202. The van der Waals surface area contributed by atoms with E-state index in [4.69, 9.17) is 0 Å². The van der Waals surface area contributed by atoms with Crippen molar-refractivity contribution in [1.29, 1.82) is 0 Å². The quantitative estimate of drug-likeness (QED) is 0.538. The maximum atomic E-state index is 12.9. The fourth-order valence-corrected chi connectivity index (χ4v) is 2.58. The van der Waals surface area contributed by atoms with Gasteiger partial charge < -0.3 is 0 Å².